The van der Waals surface area contributed by atoms with Crippen LogP contribution in [0.5, 0.6) is 5.75 Å². The van der Waals surface area contributed by atoms with Gasteiger partial charge in [-0.2, -0.15) is 0 Å². The molecule has 1 N–H and O–H groups in total. The lowest BCUT2D eigenvalue weighted by atomic mass is 10.1. The summed E-state index contributed by atoms with van der Waals surface area (Å²) in [4.78, 5) is 26.5. The van der Waals surface area contributed by atoms with Crippen LogP contribution in [0.4, 0.5) is 11.4 Å². The first kappa shape index (κ1) is 17.0. The number of hydrogen-bond acceptors (Lipinski definition) is 3. The molecule has 5 nitrogen and oxygen atoms in total. The normalized spacial score (nSPS) is 16.8. The third kappa shape index (κ3) is 3.82. The number of benzene rings is 2. The molecule has 1 saturated heterocycles. The summed E-state index contributed by atoms with van der Waals surface area (Å²) in [6, 6.07) is 15.1. The molecule has 2 aromatic carbocycles. The minimum absolute atomic E-state index is 0.0147. The van der Waals surface area contributed by atoms with Crippen molar-refractivity contribution in [1.82, 2.24) is 0 Å². The lowest BCUT2D eigenvalue weighted by Crippen LogP contribution is -2.28. The zero-order chi connectivity index (χ0) is 17.8. The van der Waals surface area contributed by atoms with Gasteiger partial charge in [0.15, 0.2) is 0 Å². The van der Waals surface area contributed by atoms with Gasteiger partial charge in [0, 0.05) is 24.3 Å². The molecule has 0 bridgehead atoms. The smallest absolute Gasteiger partial charge is 0.229 e. The van der Waals surface area contributed by atoms with Crippen LogP contribution in [0, 0.1) is 5.92 Å². The van der Waals surface area contributed by atoms with E-state index in [0.29, 0.717) is 12.2 Å². The molecule has 0 aliphatic carbocycles. The topological polar surface area (TPSA) is 58.6 Å². The minimum Gasteiger partial charge on any atom is -0.497 e. The van der Waals surface area contributed by atoms with E-state index in [1.807, 2.05) is 24.3 Å². The monoisotopic (exact) mass is 338 g/mol. The first-order chi connectivity index (χ1) is 12.1. The number of hydrogen-bond donors (Lipinski definition) is 1. The van der Waals surface area contributed by atoms with Crippen molar-refractivity contribution in [2.45, 2.75) is 19.8 Å². The number of rotatable bonds is 5. The van der Waals surface area contributed by atoms with E-state index in [1.54, 1.807) is 36.3 Å². The lowest BCUT2D eigenvalue weighted by Gasteiger charge is -2.17. The van der Waals surface area contributed by atoms with Crippen LogP contribution in [-0.2, 0) is 16.0 Å². The van der Waals surface area contributed by atoms with E-state index in [1.165, 1.54) is 5.56 Å². The van der Waals surface area contributed by atoms with Crippen LogP contribution in [0.15, 0.2) is 48.5 Å². The van der Waals surface area contributed by atoms with E-state index in [0.717, 1.165) is 17.9 Å². The molecule has 1 fully saturated rings. The number of carbonyl (C=O) groups excluding carboxylic acids is 2. The molecule has 0 aromatic heterocycles. The summed E-state index contributed by atoms with van der Waals surface area (Å²) in [6.07, 6.45) is 1.19. The van der Waals surface area contributed by atoms with Gasteiger partial charge in [0.2, 0.25) is 11.8 Å². The zero-order valence-corrected chi connectivity index (χ0v) is 14.5. The molecule has 2 amide bonds. The molecule has 1 heterocycles. The van der Waals surface area contributed by atoms with Gasteiger partial charge in [0.05, 0.1) is 13.0 Å². The van der Waals surface area contributed by atoms with E-state index in [9.17, 15) is 9.59 Å². The highest BCUT2D eigenvalue weighted by Gasteiger charge is 2.35. The Morgan fingerprint density at radius 1 is 1.16 bits per heavy atom. The average molecular weight is 338 g/mol. The van der Waals surface area contributed by atoms with Crippen molar-refractivity contribution in [2.24, 2.45) is 5.92 Å². The van der Waals surface area contributed by atoms with Gasteiger partial charge in [-0.1, -0.05) is 19.1 Å². The predicted molar refractivity (Wildman–Crippen MR) is 97.9 cm³/mol. The van der Waals surface area contributed by atoms with Gasteiger partial charge < -0.3 is 15.0 Å². The van der Waals surface area contributed by atoms with Gasteiger partial charge in [0.25, 0.3) is 0 Å². The van der Waals surface area contributed by atoms with E-state index in [4.69, 9.17) is 4.74 Å². The van der Waals surface area contributed by atoms with Crippen LogP contribution in [0.1, 0.15) is 18.9 Å². The Hall–Kier alpha value is -2.82. The number of nitrogens with one attached hydrogen (secondary N) is 1. The molecule has 0 unspecified atom stereocenters. The summed E-state index contributed by atoms with van der Waals surface area (Å²) in [7, 11) is 1.60. The molecular formula is C20H22N2O3. The van der Waals surface area contributed by atoms with Gasteiger partial charge >= 0.3 is 0 Å². The molecule has 0 radical (unpaired) electrons. The average Bonchev–Trinajstić information content (AvgIpc) is 3.04. The third-order valence-corrected chi connectivity index (χ3v) is 4.51. The number of carbonyl (C=O) groups is 2. The number of anilines is 2. The maximum Gasteiger partial charge on any atom is 0.229 e. The molecule has 130 valence electrons. The minimum atomic E-state index is -0.347. The Balaban J connectivity index is 1.65. The Labute approximate surface area is 147 Å². The molecular weight excluding hydrogens is 316 g/mol. The maximum absolute atomic E-state index is 12.5. The summed E-state index contributed by atoms with van der Waals surface area (Å²) in [6.45, 7) is 2.50. The van der Waals surface area contributed by atoms with Crippen LogP contribution >= 0.6 is 0 Å². The molecule has 1 aliphatic rings. The summed E-state index contributed by atoms with van der Waals surface area (Å²) >= 11 is 0. The molecule has 2 aromatic rings. The maximum atomic E-state index is 12.5. The van der Waals surface area contributed by atoms with Gasteiger partial charge in [-0.05, 0) is 48.4 Å². The van der Waals surface area contributed by atoms with Crippen molar-refractivity contribution >= 4 is 23.2 Å². The summed E-state index contributed by atoms with van der Waals surface area (Å²) in [5.41, 5.74) is 2.77. The van der Waals surface area contributed by atoms with Crippen molar-refractivity contribution < 1.29 is 14.3 Å². The van der Waals surface area contributed by atoms with Gasteiger partial charge in [-0.25, -0.2) is 0 Å². The second-order valence-corrected chi connectivity index (χ2v) is 6.14. The van der Waals surface area contributed by atoms with Crippen molar-refractivity contribution in [3.63, 3.8) is 0 Å². The molecule has 25 heavy (non-hydrogen) atoms. The Bertz CT molecular complexity index is 754. The number of methoxy groups -OCH3 is 1. The number of amides is 2. The second-order valence-electron chi connectivity index (χ2n) is 6.14. The molecule has 1 atom stereocenters. The highest BCUT2D eigenvalue weighted by Crippen LogP contribution is 2.26. The van der Waals surface area contributed by atoms with Gasteiger partial charge in [-0.3, -0.25) is 9.59 Å². The lowest BCUT2D eigenvalue weighted by molar-refractivity contribution is -0.122. The van der Waals surface area contributed by atoms with E-state index >= 15 is 0 Å². The second kappa shape index (κ2) is 7.38. The SMILES string of the molecule is CCc1ccc(N2C[C@H](C(=O)Nc3ccc(OC)cc3)CC2=O)cc1. The number of ether oxygens (including phenoxy) is 1. The Morgan fingerprint density at radius 2 is 1.84 bits per heavy atom. The van der Waals surface area contributed by atoms with E-state index in [2.05, 4.69) is 12.2 Å². The fraction of sp³-hybridized carbons (Fsp3) is 0.300. The van der Waals surface area contributed by atoms with E-state index < -0.39 is 0 Å². The first-order valence-corrected chi connectivity index (χ1v) is 8.45. The molecule has 3 rings (SSSR count). The Kier molecular flexibility index (Phi) is 5.03. The van der Waals surface area contributed by atoms with Crippen molar-refractivity contribution in [2.75, 3.05) is 23.9 Å². The van der Waals surface area contributed by atoms with Crippen LogP contribution < -0.4 is 15.0 Å². The highest BCUT2D eigenvalue weighted by molar-refractivity contribution is 6.03. The van der Waals surface area contributed by atoms with Crippen molar-refractivity contribution in [3.05, 3.63) is 54.1 Å². The fourth-order valence-corrected chi connectivity index (χ4v) is 2.96. The van der Waals surface area contributed by atoms with Crippen molar-refractivity contribution in [1.29, 1.82) is 0 Å². The van der Waals surface area contributed by atoms with Crippen LogP contribution in [0.2, 0.25) is 0 Å². The van der Waals surface area contributed by atoms with Crippen LogP contribution in [-0.4, -0.2) is 25.5 Å². The molecule has 0 saturated carbocycles. The molecule has 0 spiro atoms. The molecule has 1 aliphatic heterocycles. The summed E-state index contributed by atoms with van der Waals surface area (Å²) < 4.78 is 5.10. The highest BCUT2D eigenvalue weighted by atomic mass is 16.5. The van der Waals surface area contributed by atoms with E-state index in [-0.39, 0.29) is 24.2 Å². The van der Waals surface area contributed by atoms with Crippen LogP contribution in [0.25, 0.3) is 0 Å². The van der Waals surface area contributed by atoms with Gasteiger partial charge in [0.1, 0.15) is 5.75 Å². The van der Waals surface area contributed by atoms with Crippen LogP contribution in [0.3, 0.4) is 0 Å². The quantitative estimate of drug-likeness (QED) is 0.910. The fourth-order valence-electron chi connectivity index (χ4n) is 2.96. The Morgan fingerprint density at radius 3 is 2.44 bits per heavy atom. The third-order valence-electron chi connectivity index (χ3n) is 4.51. The first-order valence-electron chi connectivity index (χ1n) is 8.45. The predicted octanol–water partition coefficient (Wildman–Crippen LogP) is 3.25. The van der Waals surface area contributed by atoms with Gasteiger partial charge in [-0.15, -0.1) is 0 Å². The number of nitrogens with zero attached hydrogens (tertiary/aromatic N) is 1. The zero-order valence-electron chi connectivity index (χ0n) is 14.5. The number of aryl methyl sites for hydroxylation is 1. The molecule has 5 heteroatoms. The standard InChI is InChI=1S/C20H22N2O3/c1-3-14-4-8-17(9-5-14)22-13-15(12-19(22)23)20(24)21-16-6-10-18(25-2)11-7-16/h4-11,15H,3,12-13H2,1-2H3,(H,21,24)/t15-/m1/s1. The summed E-state index contributed by atoms with van der Waals surface area (Å²) in [5, 5.41) is 2.87. The van der Waals surface area contributed by atoms with Crippen molar-refractivity contribution in [3.8, 4) is 5.75 Å². The largest absolute Gasteiger partial charge is 0.497 e. The summed E-state index contributed by atoms with van der Waals surface area (Å²) in [5.74, 6) is 0.238.